The van der Waals surface area contributed by atoms with Crippen LogP contribution in [0.25, 0.3) is 0 Å². The molecule has 0 aliphatic heterocycles. The Kier molecular flexibility index (Phi) is 2.70. The number of phenolic OH excluding ortho intramolecular Hbond substituents is 1. The van der Waals surface area contributed by atoms with Gasteiger partial charge in [0, 0.05) is 4.47 Å². The molecule has 0 unspecified atom stereocenters. The number of ether oxygens (including phenoxy) is 1. The third-order valence-electron chi connectivity index (χ3n) is 1.39. The molecule has 0 saturated heterocycles. The second-order valence-electron chi connectivity index (χ2n) is 2.17. The van der Waals surface area contributed by atoms with E-state index < -0.39 is 0 Å². The number of hydrogen-bond acceptors (Lipinski definition) is 3. The van der Waals surface area contributed by atoms with Crippen molar-refractivity contribution in [2.45, 2.75) is 0 Å². The number of carbonyl (C=O) groups excluding carboxylic acids is 1. The van der Waals surface area contributed by atoms with Crippen molar-refractivity contribution in [1.29, 1.82) is 0 Å². The molecule has 0 aliphatic carbocycles. The maximum atomic E-state index is 10.5. The number of phenols is 1. The van der Waals surface area contributed by atoms with Crippen molar-refractivity contribution in [3.05, 3.63) is 22.2 Å². The van der Waals surface area contributed by atoms with E-state index in [2.05, 4.69) is 15.9 Å². The lowest BCUT2D eigenvalue weighted by Gasteiger charge is -2.05. The molecule has 1 N–H and O–H groups in total. The number of halogens is 1. The molecule has 12 heavy (non-hydrogen) atoms. The molecule has 3 nitrogen and oxygen atoms in total. The summed E-state index contributed by atoms with van der Waals surface area (Å²) in [6.45, 7) is 0. The van der Waals surface area contributed by atoms with Crippen LogP contribution >= 0.6 is 15.9 Å². The Morgan fingerprint density at radius 3 is 2.75 bits per heavy atom. The molecule has 0 fully saturated rings. The van der Waals surface area contributed by atoms with Gasteiger partial charge in [-0.25, -0.2) is 0 Å². The molecule has 0 heterocycles. The van der Waals surface area contributed by atoms with Gasteiger partial charge in [-0.2, -0.15) is 0 Å². The molecule has 0 atom stereocenters. The van der Waals surface area contributed by atoms with E-state index in [0.29, 0.717) is 16.3 Å². The first-order valence-electron chi connectivity index (χ1n) is 3.20. The van der Waals surface area contributed by atoms with Crippen molar-refractivity contribution in [3.63, 3.8) is 0 Å². The van der Waals surface area contributed by atoms with Crippen LogP contribution in [-0.2, 0) is 0 Å². The number of aromatic hydroxyl groups is 1. The molecule has 0 bridgehead atoms. The van der Waals surface area contributed by atoms with E-state index in [9.17, 15) is 9.90 Å². The lowest BCUT2D eigenvalue weighted by molar-refractivity contribution is 0.112. The molecule has 1 aromatic carbocycles. The number of hydrogen-bond donors (Lipinski definition) is 1. The van der Waals surface area contributed by atoms with Gasteiger partial charge in [-0.05, 0) is 12.1 Å². The Hall–Kier alpha value is -1.03. The Morgan fingerprint density at radius 2 is 2.25 bits per heavy atom. The zero-order valence-corrected chi connectivity index (χ0v) is 7.96. The summed E-state index contributed by atoms with van der Waals surface area (Å²) in [5.74, 6) is 0.155. The zero-order chi connectivity index (χ0) is 9.14. The quantitative estimate of drug-likeness (QED) is 0.791. The standard InChI is InChI=1S/C8H7BrO3/c1-12-8-5(4-10)2-6(9)3-7(8)11/h2-4,11H,1H3. The van der Waals surface area contributed by atoms with Gasteiger partial charge in [0.2, 0.25) is 0 Å². The summed E-state index contributed by atoms with van der Waals surface area (Å²) in [6.07, 6.45) is 0.628. The lowest BCUT2D eigenvalue weighted by atomic mass is 10.2. The fourth-order valence-electron chi connectivity index (χ4n) is 0.910. The average molecular weight is 231 g/mol. The predicted octanol–water partition coefficient (Wildman–Crippen LogP) is 1.98. The summed E-state index contributed by atoms with van der Waals surface area (Å²) < 4.78 is 5.46. The van der Waals surface area contributed by atoms with Gasteiger partial charge < -0.3 is 9.84 Å². The topological polar surface area (TPSA) is 46.5 Å². The SMILES string of the molecule is COc1c(O)cc(Br)cc1C=O. The van der Waals surface area contributed by atoms with Crippen molar-refractivity contribution in [2.24, 2.45) is 0 Å². The lowest BCUT2D eigenvalue weighted by Crippen LogP contribution is -1.90. The van der Waals surface area contributed by atoms with Crippen LogP contribution in [0.15, 0.2) is 16.6 Å². The van der Waals surface area contributed by atoms with E-state index in [1.165, 1.54) is 13.2 Å². The summed E-state index contributed by atoms with van der Waals surface area (Å²) in [6, 6.07) is 3.04. The highest BCUT2D eigenvalue weighted by molar-refractivity contribution is 9.10. The van der Waals surface area contributed by atoms with E-state index in [1.54, 1.807) is 6.07 Å². The van der Waals surface area contributed by atoms with Gasteiger partial charge in [0.15, 0.2) is 17.8 Å². The van der Waals surface area contributed by atoms with Crippen LogP contribution in [0.1, 0.15) is 10.4 Å². The van der Waals surface area contributed by atoms with E-state index in [-0.39, 0.29) is 11.5 Å². The van der Waals surface area contributed by atoms with Crippen LogP contribution < -0.4 is 4.74 Å². The van der Waals surface area contributed by atoms with Gasteiger partial charge in [-0.15, -0.1) is 0 Å². The van der Waals surface area contributed by atoms with Crippen molar-refractivity contribution in [1.82, 2.24) is 0 Å². The Bertz CT molecular complexity index is 309. The molecule has 0 radical (unpaired) electrons. The van der Waals surface area contributed by atoms with E-state index >= 15 is 0 Å². The highest BCUT2D eigenvalue weighted by Crippen LogP contribution is 2.32. The summed E-state index contributed by atoms with van der Waals surface area (Å²) in [5, 5.41) is 9.29. The molecule has 0 spiro atoms. The van der Waals surface area contributed by atoms with Gasteiger partial charge >= 0.3 is 0 Å². The highest BCUT2D eigenvalue weighted by Gasteiger charge is 2.08. The van der Waals surface area contributed by atoms with Crippen molar-refractivity contribution < 1.29 is 14.6 Å². The number of carbonyl (C=O) groups is 1. The fraction of sp³-hybridized carbons (Fsp3) is 0.125. The van der Waals surface area contributed by atoms with Crippen molar-refractivity contribution in [3.8, 4) is 11.5 Å². The first kappa shape index (κ1) is 9.06. The Balaban J connectivity index is 3.33. The molecular formula is C8H7BrO3. The first-order chi connectivity index (χ1) is 5.69. The summed E-state index contributed by atoms with van der Waals surface area (Å²) in [7, 11) is 1.40. The molecule has 64 valence electrons. The van der Waals surface area contributed by atoms with Crippen LogP contribution in [0.4, 0.5) is 0 Å². The second kappa shape index (κ2) is 3.58. The van der Waals surface area contributed by atoms with Crippen LogP contribution in [0.2, 0.25) is 0 Å². The monoisotopic (exact) mass is 230 g/mol. The van der Waals surface area contributed by atoms with E-state index in [1.807, 2.05) is 0 Å². The molecular weight excluding hydrogens is 224 g/mol. The molecule has 1 rings (SSSR count). The van der Waals surface area contributed by atoms with Crippen LogP contribution in [-0.4, -0.2) is 18.5 Å². The minimum atomic E-state index is -0.0472. The third-order valence-corrected chi connectivity index (χ3v) is 1.85. The zero-order valence-electron chi connectivity index (χ0n) is 6.37. The van der Waals surface area contributed by atoms with E-state index in [0.717, 1.165) is 0 Å². The normalized spacial score (nSPS) is 9.50. The molecule has 4 heteroatoms. The highest BCUT2D eigenvalue weighted by atomic mass is 79.9. The molecule has 0 aromatic heterocycles. The Morgan fingerprint density at radius 1 is 1.58 bits per heavy atom. The summed E-state index contributed by atoms with van der Waals surface area (Å²) in [5.41, 5.74) is 0.323. The summed E-state index contributed by atoms with van der Waals surface area (Å²) >= 11 is 3.14. The smallest absolute Gasteiger partial charge is 0.171 e. The third kappa shape index (κ3) is 1.58. The number of rotatable bonds is 2. The van der Waals surface area contributed by atoms with E-state index in [4.69, 9.17) is 4.74 Å². The first-order valence-corrected chi connectivity index (χ1v) is 4.00. The molecule has 0 amide bonds. The molecule has 0 saturated carbocycles. The maximum Gasteiger partial charge on any atom is 0.171 e. The minimum Gasteiger partial charge on any atom is -0.504 e. The fourth-order valence-corrected chi connectivity index (χ4v) is 1.37. The van der Waals surface area contributed by atoms with Crippen LogP contribution in [0, 0.1) is 0 Å². The number of benzene rings is 1. The van der Waals surface area contributed by atoms with Crippen molar-refractivity contribution in [2.75, 3.05) is 7.11 Å². The largest absolute Gasteiger partial charge is 0.504 e. The predicted molar refractivity (Wildman–Crippen MR) is 47.7 cm³/mol. The minimum absolute atomic E-state index is 0.0472. The summed E-state index contributed by atoms with van der Waals surface area (Å²) in [4.78, 5) is 10.5. The van der Waals surface area contributed by atoms with Crippen LogP contribution in [0.3, 0.4) is 0 Å². The van der Waals surface area contributed by atoms with Gasteiger partial charge in [-0.3, -0.25) is 4.79 Å². The number of methoxy groups -OCH3 is 1. The average Bonchev–Trinajstić information content (AvgIpc) is 2.03. The molecule has 1 aromatic rings. The second-order valence-corrected chi connectivity index (χ2v) is 3.08. The van der Waals surface area contributed by atoms with Gasteiger partial charge in [-0.1, -0.05) is 15.9 Å². The van der Waals surface area contributed by atoms with Crippen LogP contribution in [0.5, 0.6) is 11.5 Å². The van der Waals surface area contributed by atoms with Gasteiger partial charge in [0.25, 0.3) is 0 Å². The van der Waals surface area contributed by atoms with Gasteiger partial charge in [0.1, 0.15) is 0 Å². The van der Waals surface area contributed by atoms with Gasteiger partial charge in [0.05, 0.1) is 12.7 Å². The van der Waals surface area contributed by atoms with Crippen molar-refractivity contribution >= 4 is 22.2 Å². The maximum absolute atomic E-state index is 10.5. The molecule has 0 aliphatic rings. The Labute approximate surface area is 78.1 Å². The number of aldehydes is 1.